The zero-order valence-corrected chi connectivity index (χ0v) is 25.1. The van der Waals surface area contributed by atoms with Crippen molar-refractivity contribution in [2.75, 3.05) is 24.3 Å². The molecule has 1 saturated heterocycles. The van der Waals surface area contributed by atoms with Crippen molar-refractivity contribution < 1.29 is 27.5 Å². The number of amides is 3. The molecule has 1 fully saturated rings. The Morgan fingerprint density at radius 2 is 1.82 bits per heavy atom. The van der Waals surface area contributed by atoms with Crippen molar-refractivity contribution in [1.29, 1.82) is 0 Å². The van der Waals surface area contributed by atoms with Gasteiger partial charge in [-0.3, -0.25) is 9.69 Å². The molecule has 3 N–H and O–H groups in total. The van der Waals surface area contributed by atoms with Crippen molar-refractivity contribution in [3.63, 3.8) is 0 Å². The average molecular weight is 625 g/mol. The molecule has 1 aliphatic heterocycles. The molecule has 0 atom stereocenters. The lowest BCUT2D eigenvalue weighted by molar-refractivity contribution is -0.137. The van der Waals surface area contributed by atoms with Crippen LogP contribution in [0.2, 0.25) is 0 Å². The third-order valence-corrected chi connectivity index (χ3v) is 7.52. The fourth-order valence-corrected chi connectivity index (χ4v) is 5.12. The fraction of sp³-hybridized carbons (Fsp3) is 0.258. The number of benzene rings is 3. The van der Waals surface area contributed by atoms with Gasteiger partial charge in [0.15, 0.2) is 5.17 Å². The molecule has 1 heterocycles. The third kappa shape index (κ3) is 8.25. The van der Waals surface area contributed by atoms with Crippen LogP contribution in [0.4, 0.5) is 29.3 Å². The number of hydrogen-bond acceptors (Lipinski definition) is 5. The van der Waals surface area contributed by atoms with Gasteiger partial charge in [0.25, 0.3) is 0 Å². The van der Waals surface area contributed by atoms with Gasteiger partial charge < -0.3 is 15.8 Å². The summed E-state index contributed by atoms with van der Waals surface area (Å²) in [4.78, 5) is 39.1. The summed E-state index contributed by atoms with van der Waals surface area (Å²) < 4.78 is 43.4. The van der Waals surface area contributed by atoms with Crippen LogP contribution in [0.1, 0.15) is 42.0 Å². The number of nitrogens with one attached hydrogen (secondary N) is 1. The third-order valence-electron chi connectivity index (χ3n) is 6.60. The van der Waals surface area contributed by atoms with E-state index in [1.54, 1.807) is 25.3 Å². The SMILES string of the molecule is COc1ccc(C(C)C)c(N2C(=O)CS/C2=N\C(=O)NCCc2ccc(C(N)=NC=Nc3ccc(C(F)(F)F)cc3)cc2)c1. The standard InChI is InChI=1S/C31H31F3N6O3S/c1-19(2)25-13-12-24(43-3)16-26(25)40-27(41)17-44-30(40)39-29(42)36-15-14-20-4-6-21(7-5-20)28(35)38-18-37-23-10-8-22(9-11-23)31(32,33)34/h4-13,16,18-19H,14-15,17H2,1-3H3,(H,36,42)(H2,35,37,38)/b39-30-. The second-order valence-electron chi connectivity index (χ2n) is 9.97. The van der Waals surface area contributed by atoms with Gasteiger partial charge in [0, 0.05) is 18.2 Å². The van der Waals surface area contributed by atoms with E-state index in [0.717, 1.165) is 23.3 Å². The number of amidine groups is 2. The Bertz CT molecular complexity index is 1590. The zero-order chi connectivity index (χ0) is 31.9. The number of methoxy groups -OCH3 is 1. The predicted octanol–water partition coefficient (Wildman–Crippen LogP) is 6.29. The first-order chi connectivity index (χ1) is 21.0. The second-order valence-corrected chi connectivity index (χ2v) is 10.9. The minimum Gasteiger partial charge on any atom is -0.497 e. The van der Waals surface area contributed by atoms with Crippen LogP contribution in [-0.2, 0) is 17.4 Å². The quantitative estimate of drug-likeness (QED) is 0.214. The maximum Gasteiger partial charge on any atom is 0.416 e. The van der Waals surface area contributed by atoms with E-state index in [1.807, 2.05) is 38.1 Å². The lowest BCUT2D eigenvalue weighted by atomic mass is 10.00. The number of ether oxygens (including phenoxy) is 1. The second kappa shape index (κ2) is 14.2. The van der Waals surface area contributed by atoms with Gasteiger partial charge in [-0.05, 0) is 53.8 Å². The van der Waals surface area contributed by atoms with E-state index in [9.17, 15) is 22.8 Å². The Morgan fingerprint density at radius 1 is 1.11 bits per heavy atom. The van der Waals surface area contributed by atoms with Crippen molar-refractivity contribution in [1.82, 2.24) is 5.32 Å². The number of rotatable bonds is 9. The summed E-state index contributed by atoms with van der Waals surface area (Å²) in [5.41, 5.74) is 8.71. The topological polar surface area (TPSA) is 122 Å². The number of carbonyl (C=O) groups is 2. The van der Waals surface area contributed by atoms with Crippen molar-refractivity contribution in [3.05, 3.63) is 89.0 Å². The molecule has 0 unspecified atom stereocenters. The Balaban J connectivity index is 1.33. The van der Waals surface area contributed by atoms with E-state index >= 15 is 0 Å². The number of carbonyl (C=O) groups excluding carboxylic acids is 2. The maximum absolute atomic E-state index is 12.8. The van der Waals surface area contributed by atoms with Gasteiger partial charge in [0.05, 0.1) is 29.8 Å². The van der Waals surface area contributed by atoms with E-state index in [4.69, 9.17) is 10.5 Å². The van der Waals surface area contributed by atoms with Gasteiger partial charge in [-0.2, -0.15) is 18.2 Å². The normalized spacial score (nSPS) is 15.1. The predicted molar refractivity (Wildman–Crippen MR) is 168 cm³/mol. The summed E-state index contributed by atoms with van der Waals surface area (Å²) >= 11 is 1.21. The van der Waals surface area contributed by atoms with E-state index in [0.29, 0.717) is 40.8 Å². The highest BCUT2D eigenvalue weighted by molar-refractivity contribution is 8.15. The molecule has 3 aromatic carbocycles. The van der Waals surface area contributed by atoms with Crippen molar-refractivity contribution in [3.8, 4) is 5.75 Å². The van der Waals surface area contributed by atoms with Crippen LogP contribution in [0.25, 0.3) is 0 Å². The molecule has 13 heteroatoms. The number of urea groups is 1. The number of alkyl halides is 3. The molecular weight excluding hydrogens is 593 g/mol. The molecule has 0 aromatic heterocycles. The van der Waals surface area contributed by atoms with Gasteiger partial charge in [0.2, 0.25) is 5.91 Å². The lowest BCUT2D eigenvalue weighted by Crippen LogP contribution is -2.32. The Morgan fingerprint density at radius 3 is 2.45 bits per heavy atom. The van der Waals surface area contributed by atoms with Crippen LogP contribution in [0.5, 0.6) is 5.75 Å². The number of nitrogens with two attached hydrogens (primary N) is 1. The summed E-state index contributed by atoms with van der Waals surface area (Å²) in [6.07, 6.45) is -2.71. The van der Waals surface area contributed by atoms with Gasteiger partial charge in [0.1, 0.15) is 17.9 Å². The Labute approximate surface area is 257 Å². The van der Waals surface area contributed by atoms with Gasteiger partial charge in [-0.15, -0.1) is 0 Å². The monoisotopic (exact) mass is 624 g/mol. The van der Waals surface area contributed by atoms with Crippen molar-refractivity contribution in [2.45, 2.75) is 32.4 Å². The van der Waals surface area contributed by atoms with Crippen LogP contribution in [0.3, 0.4) is 0 Å². The molecule has 9 nitrogen and oxygen atoms in total. The van der Waals surface area contributed by atoms with E-state index < -0.39 is 17.8 Å². The number of thioether (sulfide) groups is 1. The summed E-state index contributed by atoms with van der Waals surface area (Å²) in [6, 6.07) is 16.6. The van der Waals surface area contributed by atoms with Gasteiger partial charge >= 0.3 is 12.2 Å². The highest BCUT2D eigenvalue weighted by atomic mass is 32.2. The minimum atomic E-state index is -4.41. The van der Waals surface area contributed by atoms with Gasteiger partial charge in [-0.25, -0.2) is 14.8 Å². The molecule has 230 valence electrons. The fourth-order valence-electron chi connectivity index (χ4n) is 4.27. The van der Waals surface area contributed by atoms with E-state index in [2.05, 4.69) is 20.3 Å². The smallest absolute Gasteiger partial charge is 0.416 e. The maximum atomic E-state index is 12.8. The first kappa shape index (κ1) is 32.3. The van der Waals surface area contributed by atoms with Gasteiger partial charge in [-0.1, -0.05) is 55.9 Å². The summed E-state index contributed by atoms with van der Waals surface area (Å²) in [5, 5.41) is 3.08. The molecule has 0 saturated carbocycles. The number of hydrogen-bond donors (Lipinski definition) is 2. The molecule has 0 spiro atoms. The van der Waals surface area contributed by atoms with Crippen LogP contribution >= 0.6 is 11.8 Å². The van der Waals surface area contributed by atoms with Crippen LogP contribution in [0, 0.1) is 0 Å². The molecular formula is C31H31F3N6O3S. The molecule has 0 radical (unpaired) electrons. The van der Waals surface area contributed by atoms with Crippen LogP contribution in [0.15, 0.2) is 81.7 Å². The Hall–Kier alpha value is -4.65. The minimum absolute atomic E-state index is 0.137. The number of anilines is 1. The molecule has 3 amide bonds. The largest absolute Gasteiger partial charge is 0.497 e. The summed E-state index contributed by atoms with van der Waals surface area (Å²) in [5.74, 6) is 0.939. The number of halogens is 3. The number of nitrogens with zero attached hydrogens (tertiary/aromatic N) is 4. The molecule has 3 aromatic rings. The average Bonchev–Trinajstić information content (AvgIpc) is 3.35. The highest BCUT2D eigenvalue weighted by Crippen LogP contribution is 2.36. The van der Waals surface area contributed by atoms with Crippen LogP contribution < -0.4 is 20.7 Å². The molecule has 0 bridgehead atoms. The summed E-state index contributed by atoms with van der Waals surface area (Å²) in [6.45, 7) is 4.36. The van der Waals surface area contributed by atoms with Crippen LogP contribution in [-0.4, -0.2) is 48.7 Å². The number of aliphatic imine (C=N–C) groups is 3. The first-order valence-corrected chi connectivity index (χ1v) is 14.6. The molecule has 0 aliphatic carbocycles. The first-order valence-electron chi connectivity index (χ1n) is 13.6. The van der Waals surface area contributed by atoms with E-state index in [-0.39, 0.29) is 23.4 Å². The molecule has 4 rings (SSSR count). The van der Waals surface area contributed by atoms with Crippen molar-refractivity contribution >= 4 is 52.4 Å². The molecule has 44 heavy (non-hydrogen) atoms. The van der Waals surface area contributed by atoms with Crippen molar-refractivity contribution in [2.24, 2.45) is 20.7 Å². The summed E-state index contributed by atoms with van der Waals surface area (Å²) in [7, 11) is 1.55. The Kier molecular flexibility index (Phi) is 10.4. The zero-order valence-electron chi connectivity index (χ0n) is 24.3. The van der Waals surface area contributed by atoms with E-state index in [1.165, 1.54) is 35.1 Å². The lowest BCUT2D eigenvalue weighted by Gasteiger charge is -2.22. The highest BCUT2D eigenvalue weighted by Gasteiger charge is 2.33. The molecule has 1 aliphatic rings.